The van der Waals surface area contributed by atoms with Crippen molar-refractivity contribution in [2.24, 2.45) is 0 Å². The summed E-state index contributed by atoms with van der Waals surface area (Å²) in [6.07, 6.45) is 0.0539. The van der Waals surface area contributed by atoms with Gasteiger partial charge in [0.25, 0.3) is 0 Å². The van der Waals surface area contributed by atoms with Gasteiger partial charge in [-0.1, -0.05) is 6.07 Å². The van der Waals surface area contributed by atoms with Gasteiger partial charge in [0.15, 0.2) is 0 Å². The smallest absolute Gasteiger partial charge is 0.290 e. The van der Waals surface area contributed by atoms with Crippen LogP contribution in [-0.4, -0.2) is 14.4 Å². The van der Waals surface area contributed by atoms with Crippen molar-refractivity contribution >= 4 is 16.6 Å². The minimum atomic E-state index is -4.41. The lowest BCUT2D eigenvalue weighted by Gasteiger charge is -2.10. The Hall–Kier alpha value is -2.11. The fourth-order valence-electron chi connectivity index (χ4n) is 1.84. The van der Waals surface area contributed by atoms with Crippen molar-refractivity contribution in [2.45, 2.75) is 6.18 Å². The van der Waals surface area contributed by atoms with Crippen LogP contribution in [0.5, 0.6) is 0 Å². The molecule has 0 aliphatic carbocycles. The van der Waals surface area contributed by atoms with Crippen LogP contribution in [0, 0.1) is 0 Å². The lowest BCUT2D eigenvalue weighted by molar-refractivity contribution is -0.136. The predicted molar refractivity (Wildman–Crippen MR) is 55.5 cm³/mol. The number of imidazole rings is 1. The van der Waals surface area contributed by atoms with Gasteiger partial charge in [0.2, 0.25) is 0 Å². The first-order valence-corrected chi connectivity index (χ1v) is 4.85. The molecule has 0 atom stereocenters. The minimum Gasteiger partial charge on any atom is -0.290 e. The topological polar surface area (TPSA) is 30.2 Å². The molecule has 3 rings (SSSR count). The van der Waals surface area contributed by atoms with Gasteiger partial charge in [-0.2, -0.15) is 13.2 Å². The second kappa shape index (κ2) is 3.19. The fourth-order valence-corrected chi connectivity index (χ4v) is 1.84. The summed E-state index contributed by atoms with van der Waals surface area (Å²) in [6, 6.07) is 3.93. The Morgan fingerprint density at radius 2 is 1.94 bits per heavy atom. The summed E-state index contributed by atoms with van der Waals surface area (Å²) in [5.74, 6) is 0. The molecule has 17 heavy (non-hydrogen) atoms. The maximum absolute atomic E-state index is 12.9. The molecule has 0 aliphatic heterocycles. The predicted octanol–water partition coefficient (Wildman–Crippen LogP) is 2.90. The van der Waals surface area contributed by atoms with Gasteiger partial charge in [0.05, 0.1) is 16.5 Å². The molecular weight excluding hydrogens is 231 g/mol. The second-order valence-corrected chi connectivity index (χ2v) is 3.60. The van der Waals surface area contributed by atoms with Crippen LogP contribution >= 0.6 is 0 Å². The average molecular weight is 237 g/mol. The van der Waals surface area contributed by atoms with Gasteiger partial charge in [-0.15, -0.1) is 0 Å². The van der Waals surface area contributed by atoms with E-state index < -0.39 is 11.7 Å². The first-order chi connectivity index (χ1) is 8.07. The molecule has 3 aromatic rings. The number of hydrogen-bond acceptors (Lipinski definition) is 2. The zero-order valence-electron chi connectivity index (χ0n) is 8.44. The van der Waals surface area contributed by atoms with E-state index in [9.17, 15) is 13.2 Å². The molecule has 6 heteroatoms. The summed E-state index contributed by atoms with van der Waals surface area (Å²) in [5.41, 5.74) is -0.152. The van der Waals surface area contributed by atoms with Crippen LogP contribution in [0.2, 0.25) is 0 Å². The number of aromatic nitrogens is 3. The van der Waals surface area contributed by atoms with Crippen LogP contribution in [0.4, 0.5) is 13.2 Å². The average Bonchev–Trinajstić information content (AvgIpc) is 2.75. The van der Waals surface area contributed by atoms with E-state index in [2.05, 4.69) is 9.97 Å². The van der Waals surface area contributed by atoms with E-state index in [-0.39, 0.29) is 11.0 Å². The minimum absolute atomic E-state index is 0.0347. The lowest BCUT2D eigenvalue weighted by Crippen LogP contribution is -2.07. The van der Waals surface area contributed by atoms with Crippen LogP contribution in [0.15, 0.2) is 36.9 Å². The third-order valence-corrected chi connectivity index (χ3v) is 2.56. The monoisotopic (exact) mass is 237 g/mol. The van der Waals surface area contributed by atoms with Gasteiger partial charge in [-0.05, 0) is 12.1 Å². The van der Waals surface area contributed by atoms with E-state index in [4.69, 9.17) is 0 Å². The number of nitrogens with zero attached hydrogens (tertiary/aromatic N) is 3. The van der Waals surface area contributed by atoms with Crippen molar-refractivity contribution in [3.8, 4) is 0 Å². The van der Waals surface area contributed by atoms with E-state index >= 15 is 0 Å². The van der Waals surface area contributed by atoms with Crippen molar-refractivity contribution in [1.82, 2.24) is 14.4 Å². The van der Waals surface area contributed by atoms with Crippen LogP contribution in [-0.2, 0) is 6.18 Å². The van der Waals surface area contributed by atoms with Gasteiger partial charge < -0.3 is 0 Å². The molecule has 0 bridgehead atoms. The third kappa shape index (κ3) is 1.44. The highest BCUT2D eigenvalue weighted by molar-refractivity contribution is 5.94. The molecule has 2 aromatic heterocycles. The molecule has 0 amide bonds. The Bertz CT molecular complexity index is 700. The van der Waals surface area contributed by atoms with Crippen molar-refractivity contribution in [3.05, 3.63) is 42.5 Å². The third-order valence-electron chi connectivity index (χ3n) is 2.56. The summed E-state index contributed by atoms with van der Waals surface area (Å²) in [4.78, 5) is 7.92. The summed E-state index contributed by atoms with van der Waals surface area (Å²) >= 11 is 0. The molecule has 0 fully saturated rings. The highest BCUT2D eigenvalue weighted by Gasteiger charge is 2.33. The van der Waals surface area contributed by atoms with Crippen LogP contribution in [0.3, 0.4) is 0 Å². The molecule has 0 radical (unpaired) electrons. The van der Waals surface area contributed by atoms with E-state index in [1.807, 2.05) is 0 Å². The Balaban J connectivity index is 2.54. The molecule has 0 saturated heterocycles. The summed E-state index contributed by atoms with van der Waals surface area (Å²) in [7, 11) is 0. The van der Waals surface area contributed by atoms with Gasteiger partial charge >= 0.3 is 6.18 Å². The van der Waals surface area contributed by atoms with Crippen LogP contribution in [0.1, 0.15) is 5.56 Å². The largest absolute Gasteiger partial charge is 0.417 e. The highest BCUT2D eigenvalue weighted by Crippen LogP contribution is 2.35. The standard InChI is InChI=1S/C11H6F3N3/c12-11(13,14)7-2-1-3-8-9(7)10-15-4-5-17(10)6-16-8/h1-6H. The fraction of sp³-hybridized carbons (Fsp3) is 0.0909. The molecule has 0 spiro atoms. The Morgan fingerprint density at radius 1 is 1.12 bits per heavy atom. The van der Waals surface area contributed by atoms with Crippen LogP contribution < -0.4 is 0 Å². The van der Waals surface area contributed by atoms with Crippen molar-refractivity contribution in [3.63, 3.8) is 0 Å². The van der Waals surface area contributed by atoms with Crippen molar-refractivity contribution in [1.29, 1.82) is 0 Å². The second-order valence-electron chi connectivity index (χ2n) is 3.60. The highest BCUT2D eigenvalue weighted by atomic mass is 19.4. The Morgan fingerprint density at radius 3 is 2.71 bits per heavy atom. The van der Waals surface area contributed by atoms with Crippen molar-refractivity contribution in [2.75, 3.05) is 0 Å². The number of rotatable bonds is 0. The molecule has 3 nitrogen and oxygen atoms in total. The molecule has 1 aromatic carbocycles. The molecule has 0 saturated carbocycles. The number of alkyl halides is 3. The van der Waals surface area contributed by atoms with E-state index in [1.165, 1.54) is 23.0 Å². The number of fused-ring (bicyclic) bond motifs is 3. The first kappa shape index (κ1) is 10.1. The zero-order chi connectivity index (χ0) is 12.0. The van der Waals surface area contributed by atoms with Crippen molar-refractivity contribution < 1.29 is 13.2 Å². The van der Waals surface area contributed by atoms with Crippen LogP contribution in [0.25, 0.3) is 16.6 Å². The lowest BCUT2D eigenvalue weighted by atomic mass is 10.1. The first-order valence-electron chi connectivity index (χ1n) is 4.85. The van der Waals surface area contributed by atoms with Gasteiger partial charge in [0, 0.05) is 12.4 Å². The molecule has 86 valence electrons. The van der Waals surface area contributed by atoms with E-state index in [1.54, 1.807) is 12.3 Å². The number of hydrogen-bond donors (Lipinski definition) is 0. The Labute approximate surface area is 93.5 Å². The normalized spacial score (nSPS) is 12.4. The van der Waals surface area contributed by atoms with E-state index in [0.29, 0.717) is 5.52 Å². The van der Waals surface area contributed by atoms with Gasteiger partial charge in [0.1, 0.15) is 12.0 Å². The SMILES string of the molecule is FC(F)(F)c1cccc2ncn3ccnc3c12. The Kier molecular flexibility index (Phi) is 1.89. The summed E-state index contributed by atoms with van der Waals surface area (Å²) in [5, 5.41) is 0.0347. The number of benzene rings is 1. The van der Waals surface area contributed by atoms with E-state index in [0.717, 1.165) is 6.07 Å². The van der Waals surface area contributed by atoms with Gasteiger partial charge in [-0.25, -0.2) is 9.97 Å². The molecule has 0 N–H and O–H groups in total. The quantitative estimate of drug-likeness (QED) is 0.601. The summed E-state index contributed by atoms with van der Waals surface area (Å²) < 4.78 is 40.1. The molecule has 0 aliphatic rings. The number of halogens is 3. The molecular formula is C11H6F3N3. The molecule has 0 unspecified atom stereocenters. The maximum Gasteiger partial charge on any atom is 0.417 e. The molecule has 2 heterocycles. The van der Waals surface area contributed by atoms with Gasteiger partial charge in [-0.3, -0.25) is 4.40 Å². The maximum atomic E-state index is 12.9. The summed E-state index contributed by atoms with van der Waals surface area (Å²) in [6.45, 7) is 0. The zero-order valence-corrected chi connectivity index (χ0v) is 8.44.